The highest BCUT2D eigenvalue weighted by atomic mass is 16.3. The summed E-state index contributed by atoms with van der Waals surface area (Å²) in [4.78, 5) is 19.6. The highest BCUT2D eigenvalue weighted by molar-refractivity contribution is 4.67. The Hall–Kier alpha value is -0.800. The van der Waals surface area contributed by atoms with Gasteiger partial charge < -0.3 is 0 Å². The first kappa shape index (κ1) is 9.20. The van der Waals surface area contributed by atoms with E-state index in [2.05, 4.69) is 10.4 Å². The van der Waals surface area contributed by atoms with Crippen molar-refractivity contribution in [3.8, 4) is 0 Å². The molecular formula is C6H12N2O2. The highest BCUT2D eigenvalue weighted by Crippen LogP contribution is 2.03. The van der Waals surface area contributed by atoms with Gasteiger partial charge in [0.1, 0.15) is 12.6 Å². The largest absolute Gasteiger partial charge is 0.151 e. The number of rotatable bonds is 6. The molecule has 0 aliphatic carbocycles. The molecule has 0 N–H and O–H groups in total. The summed E-state index contributed by atoms with van der Waals surface area (Å²) in [7, 11) is 0. The lowest BCUT2D eigenvalue weighted by Gasteiger charge is -2.00. The molecule has 0 aromatic rings. The van der Waals surface area contributed by atoms with Crippen LogP contribution >= 0.6 is 0 Å². The SMILES string of the molecule is CCCCC(CN=O)N=O. The fraction of sp³-hybridized carbons (Fsp3) is 1.00. The Morgan fingerprint density at radius 2 is 2.10 bits per heavy atom. The minimum absolute atomic E-state index is 0.0312. The summed E-state index contributed by atoms with van der Waals surface area (Å²) in [6, 6.07) is -0.391. The number of hydrogen-bond donors (Lipinski definition) is 0. The zero-order valence-electron chi connectivity index (χ0n) is 6.12. The summed E-state index contributed by atoms with van der Waals surface area (Å²) in [5.74, 6) is 0. The molecule has 4 heteroatoms. The van der Waals surface area contributed by atoms with Crippen LogP contribution in [-0.2, 0) is 0 Å². The van der Waals surface area contributed by atoms with Gasteiger partial charge in [0.15, 0.2) is 0 Å². The van der Waals surface area contributed by atoms with Crippen LogP contribution in [0.1, 0.15) is 26.2 Å². The van der Waals surface area contributed by atoms with Crippen molar-refractivity contribution < 1.29 is 0 Å². The van der Waals surface area contributed by atoms with Crippen LogP contribution in [0.15, 0.2) is 10.4 Å². The van der Waals surface area contributed by atoms with Crippen molar-refractivity contribution in [3.63, 3.8) is 0 Å². The van der Waals surface area contributed by atoms with Crippen molar-refractivity contribution in [2.24, 2.45) is 10.4 Å². The van der Waals surface area contributed by atoms with Gasteiger partial charge in [0.25, 0.3) is 0 Å². The first-order chi connectivity index (χ1) is 4.85. The summed E-state index contributed by atoms with van der Waals surface area (Å²) in [5, 5.41) is 5.39. The molecule has 0 amide bonds. The van der Waals surface area contributed by atoms with Crippen LogP contribution in [0.4, 0.5) is 0 Å². The number of nitroso groups, excluding NO2 is 2. The summed E-state index contributed by atoms with van der Waals surface area (Å²) in [5.41, 5.74) is 0. The lowest BCUT2D eigenvalue weighted by molar-refractivity contribution is 0.582. The quantitative estimate of drug-likeness (QED) is 0.536. The van der Waals surface area contributed by atoms with Crippen molar-refractivity contribution in [1.82, 2.24) is 0 Å². The Labute approximate surface area is 60.0 Å². The highest BCUT2D eigenvalue weighted by Gasteiger charge is 2.06. The molecule has 0 aromatic heterocycles. The van der Waals surface area contributed by atoms with Gasteiger partial charge in [0.05, 0.1) is 0 Å². The van der Waals surface area contributed by atoms with Gasteiger partial charge in [-0.2, -0.15) is 9.81 Å². The summed E-state index contributed by atoms with van der Waals surface area (Å²) in [6.45, 7) is 2.06. The molecule has 0 aromatic carbocycles. The standard InChI is InChI=1S/C6H12N2O2/c1-2-3-4-6(8-10)5-7-9/h6H,2-5H2,1H3. The van der Waals surface area contributed by atoms with E-state index >= 15 is 0 Å². The van der Waals surface area contributed by atoms with Crippen LogP contribution in [0.3, 0.4) is 0 Å². The maximum atomic E-state index is 9.95. The molecule has 0 spiro atoms. The monoisotopic (exact) mass is 144 g/mol. The molecule has 10 heavy (non-hydrogen) atoms. The molecule has 0 aliphatic rings. The molecule has 58 valence electrons. The Kier molecular flexibility index (Phi) is 5.82. The maximum Gasteiger partial charge on any atom is 0.115 e. The summed E-state index contributed by atoms with van der Waals surface area (Å²) in [6.07, 6.45) is 2.64. The summed E-state index contributed by atoms with van der Waals surface area (Å²) < 4.78 is 0. The van der Waals surface area contributed by atoms with Crippen molar-refractivity contribution in [1.29, 1.82) is 0 Å². The average Bonchev–Trinajstić information content (AvgIpc) is 1.98. The van der Waals surface area contributed by atoms with Crippen LogP contribution in [-0.4, -0.2) is 12.6 Å². The molecule has 0 aliphatic heterocycles. The van der Waals surface area contributed by atoms with Crippen LogP contribution in [0, 0.1) is 9.81 Å². The fourth-order valence-corrected chi connectivity index (χ4v) is 0.703. The predicted octanol–water partition coefficient (Wildman–Crippen LogP) is 2.08. The van der Waals surface area contributed by atoms with E-state index in [4.69, 9.17) is 0 Å². The smallest absolute Gasteiger partial charge is 0.115 e. The normalized spacial score (nSPS) is 12.5. The lowest BCUT2D eigenvalue weighted by Crippen LogP contribution is -2.06. The molecule has 0 radical (unpaired) electrons. The zero-order chi connectivity index (χ0) is 7.82. The fourth-order valence-electron chi connectivity index (χ4n) is 0.703. The van der Waals surface area contributed by atoms with Crippen molar-refractivity contribution in [2.45, 2.75) is 32.2 Å². The Morgan fingerprint density at radius 3 is 2.50 bits per heavy atom. The minimum atomic E-state index is -0.391. The van der Waals surface area contributed by atoms with Crippen LogP contribution in [0.25, 0.3) is 0 Å². The average molecular weight is 144 g/mol. The third kappa shape index (κ3) is 4.12. The molecule has 4 nitrogen and oxygen atoms in total. The third-order valence-corrected chi connectivity index (χ3v) is 1.33. The number of unbranched alkanes of at least 4 members (excludes halogenated alkanes) is 1. The van der Waals surface area contributed by atoms with Crippen LogP contribution in [0.5, 0.6) is 0 Å². The Balaban J connectivity index is 3.38. The van der Waals surface area contributed by atoms with Crippen LogP contribution < -0.4 is 0 Å². The summed E-state index contributed by atoms with van der Waals surface area (Å²) >= 11 is 0. The lowest BCUT2D eigenvalue weighted by atomic mass is 10.1. The molecule has 1 atom stereocenters. The van der Waals surface area contributed by atoms with Crippen molar-refractivity contribution in [2.75, 3.05) is 6.54 Å². The van der Waals surface area contributed by atoms with Gasteiger partial charge in [-0.3, -0.25) is 0 Å². The second-order valence-corrected chi connectivity index (χ2v) is 2.21. The van der Waals surface area contributed by atoms with E-state index in [-0.39, 0.29) is 6.54 Å². The molecule has 0 heterocycles. The predicted molar refractivity (Wildman–Crippen MR) is 39.8 cm³/mol. The Bertz CT molecular complexity index is 106. The van der Waals surface area contributed by atoms with E-state index in [9.17, 15) is 9.81 Å². The van der Waals surface area contributed by atoms with E-state index in [0.717, 1.165) is 12.8 Å². The first-order valence-electron chi connectivity index (χ1n) is 3.46. The Morgan fingerprint density at radius 1 is 1.40 bits per heavy atom. The van der Waals surface area contributed by atoms with Gasteiger partial charge >= 0.3 is 0 Å². The van der Waals surface area contributed by atoms with Gasteiger partial charge in [-0.25, -0.2) is 0 Å². The van der Waals surface area contributed by atoms with E-state index in [0.29, 0.717) is 6.42 Å². The van der Waals surface area contributed by atoms with Crippen LogP contribution in [0.2, 0.25) is 0 Å². The van der Waals surface area contributed by atoms with Gasteiger partial charge in [0, 0.05) is 0 Å². The maximum absolute atomic E-state index is 9.95. The zero-order valence-corrected chi connectivity index (χ0v) is 6.12. The molecule has 0 saturated heterocycles. The minimum Gasteiger partial charge on any atom is -0.151 e. The molecule has 1 unspecified atom stereocenters. The van der Waals surface area contributed by atoms with Crippen molar-refractivity contribution in [3.05, 3.63) is 9.81 Å². The van der Waals surface area contributed by atoms with Gasteiger partial charge in [0.2, 0.25) is 0 Å². The molecule has 0 rings (SSSR count). The topological polar surface area (TPSA) is 58.9 Å². The molecule has 0 fully saturated rings. The van der Waals surface area contributed by atoms with E-state index in [1.54, 1.807) is 0 Å². The second kappa shape index (κ2) is 6.32. The molecule has 0 saturated carbocycles. The number of hydrogen-bond acceptors (Lipinski definition) is 4. The molecule has 0 bridgehead atoms. The van der Waals surface area contributed by atoms with Gasteiger partial charge in [-0.05, 0) is 6.42 Å². The van der Waals surface area contributed by atoms with E-state index < -0.39 is 6.04 Å². The first-order valence-corrected chi connectivity index (χ1v) is 3.46. The van der Waals surface area contributed by atoms with Crippen molar-refractivity contribution >= 4 is 0 Å². The van der Waals surface area contributed by atoms with Gasteiger partial charge in [-0.15, -0.1) is 0 Å². The molecular weight excluding hydrogens is 132 g/mol. The number of nitrogens with zero attached hydrogens (tertiary/aromatic N) is 2. The third-order valence-electron chi connectivity index (χ3n) is 1.33. The van der Waals surface area contributed by atoms with E-state index in [1.807, 2.05) is 6.92 Å². The van der Waals surface area contributed by atoms with E-state index in [1.165, 1.54) is 0 Å². The van der Waals surface area contributed by atoms with Gasteiger partial charge in [-0.1, -0.05) is 30.1 Å². The second-order valence-electron chi connectivity index (χ2n) is 2.21.